The first-order valence-corrected chi connectivity index (χ1v) is 23.1. The first-order valence-electron chi connectivity index (χ1n) is 23.1. The Morgan fingerprint density at radius 1 is 0.759 bits per heavy atom. The highest BCUT2D eigenvalue weighted by molar-refractivity contribution is 5.84. The molecule has 4 fully saturated rings. The minimum absolute atomic E-state index is 0.0153. The Labute approximate surface area is 349 Å². The molecule has 10 nitrogen and oxygen atoms in total. The van der Waals surface area contributed by atoms with Crippen LogP contribution in [0.5, 0.6) is 0 Å². The molecule has 4 N–H and O–H groups in total. The quantitative estimate of drug-likeness (QED) is 0.0605. The maximum absolute atomic E-state index is 14.5. The summed E-state index contributed by atoms with van der Waals surface area (Å²) in [5.74, 6) is -1.17. The van der Waals surface area contributed by atoms with Crippen molar-refractivity contribution < 1.29 is 38.9 Å². The fraction of sp³-hybridized carbons (Fsp3) is 0.854. The van der Waals surface area contributed by atoms with Crippen LogP contribution in [0.15, 0.2) is 11.6 Å². The molecule has 2 amide bonds. The van der Waals surface area contributed by atoms with E-state index in [1.54, 1.807) is 5.57 Å². The SMILES string of the molecule is C[C@H](NC(=O)CCCCCCCCCCNC(=O)[C@]12CCC(C)(C)C[C@H]1C1=CC[C@@H]3[C@@]4(C)CC[C@H](OC(=O)CCC(=O)O)C(C)(C)[C@@H]4CC[C@@]3(C)[C@]1(C)CC2)C(=O)O. The molecule has 0 saturated heterocycles. The lowest BCUT2D eigenvalue weighted by molar-refractivity contribution is -0.213. The molecule has 0 spiro atoms. The van der Waals surface area contributed by atoms with Crippen LogP contribution in [-0.2, 0) is 28.7 Å². The Morgan fingerprint density at radius 3 is 2.05 bits per heavy atom. The van der Waals surface area contributed by atoms with E-state index in [0.717, 1.165) is 122 Å². The van der Waals surface area contributed by atoms with Crippen molar-refractivity contribution in [3.63, 3.8) is 0 Å². The molecule has 5 aliphatic carbocycles. The number of unbranched alkanes of at least 4 members (excludes halogenated alkanes) is 7. The fourth-order valence-corrected chi connectivity index (χ4v) is 13.5. The minimum atomic E-state index is -1.02. The molecule has 0 unspecified atom stereocenters. The first-order chi connectivity index (χ1) is 27.1. The van der Waals surface area contributed by atoms with Gasteiger partial charge in [0.05, 0.1) is 18.3 Å². The number of esters is 1. The number of fused-ring (bicyclic) bond motifs is 7. The average molecular weight is 811 g/mol. The zero-order chi connectivity index (χ0) is 42.7. The maximum Gasteiger partial charge on any atom is 0.325 e. The van der Waals surface area contributed by atoms with Gasteiger partial charge >= 0.3 is 17.9 Å². The van der Waals surface area contributed by atoms with Gasteiger partial charge in [0.1, 0.15) is 12.1 Å². The summed E-state index contributed by atoms with van der Waals surface area (Å²) in [5, 5.41) is 24.0. The number of carbonyl (C=O) groups excluding carboxylic acids is 3. The normalized spacial score (nSPS) is 35.1. The number of nitrogens with one attached hydrogen (secondary N) is 2. The number of amides is 2. The Bertz CT molecular complexity index is 1570. The highest BCUT2D eigenvalue weighted by Gasteiger charge is 2.69. The number of hydrogen-bond acceptors (Lipinski definition) is 6. The predicted octanol–water partition coefficient (Wildman–Crippen LogP) is 9.78. The van der Waals surface area contributed by atoms with Crippen molar-refractivity contribution in [1.82, 2.24) is 10.6 Å². The monoisotopic (exact) mass is 811 g/mol. The third-order valence-electron chi connectivity index (χ3n) is 17.2. The van der Waals surface area contributed by atoms with Crippen molar-refractivity contribution in [3.05, 3.63) is 11.6 Å². The van der Waals surface area contributed by atoms with E-state index in [0.29, 0.717) is 18.3 Å². The molecule has 58 heavy (non-hydrogen) atoms. The molecule has 0 heterocycles. The van der Waals surface area contributed by atoms with Crippen LogP contribution in [-0.4, -0.2) is 58.6 Å². The standard InChI is InChI=1S/C48H78N2O8/c1-32(41(55)56)50-38(51)17-15-13-11-9-10-12-14-16-30-49-42(57)48-28-26-43(2,3)31-34(48)33-18-19-36-45(6)24-23-37(58-40(54)21-20-39(52)53)44(4,5)35(45)22-25-47(36,8)46(33,7)27-29-48/h18,32,34-37H,9-17,19-31H2,1-8H3,(H,49,57)(H,50,51)(H,52,53)(H,55,56)/t32-,34-,35-,36+,37-,45-,46+,47+,48-/m0/s1. The molecule has 0 aromatic rings. The van der Waals surface area contributed by atoms with Gasteiger partial charge in [-0.3, -0.25) is 24.0 Å². The summed E-state index contributed by atoms with van der Waals surface area (Å²) in [4.78, 5) is 61.1. The van der Waals surface area contributed by atoms with E-state index in [9.17, 15) is 24.0 Å². The zero-order valence-corrected chi connectivity index (χ0v) is 37.4. The number of rotatable bonds is 18. The number of aliphatic carboxylic acids is 2. The van der Waals surface area contributed by atoms with Crippen LogP contribution in [0.3, 0.4) is 0 Å². The molecule has 328 valence electrons. The lowest BCUT2D eigenvalue weighted by Crippen LogP contribution is -2.65. The molecule has 5 aliphatic rings. The second-order valence-corrected chi connectivity index (χ2v) is 21.6. The Balaban J connectivity index is 1.18. The van der Waals surface area contributed by atoms with E-state index in [1.807, 2.05) is 0 Å². The Kier molecular flexibility index (Phi) is 14.3. The molecule has 9 atom stereocenters. The molecular formula is C48H78N2O8. The first kappa shape index (κ1) is 46.2. The van der Waals surface area contributed by atoms with Crippen molar-refractivity contribution in [1.29, 1.82) is 0 Å². The van der Waals surface area contributed by atoms with Crippen molar-refractivity contribution in [2.24, 2.45) is 50.2 Å². The zero-order valence-electron chi connectivity index (χ0n) is 37.4. The van der Waals surface area contributed by atoms with Gasteiger partial charge in [0.25, 0.3) is 0 Å². The fourth-order valence-electron chi connectivity index (χ4n) is 13.5. The molecule has 5 rings (SSSR count). The van der Waals surface area contributed by atoms with Crippen molar-refractivity contribution >= 4 is 29.7 Å². The van der Waals surface area contributed by atoms with Gasteiger partial charge < -0.3 is 25.6 Å². The van der Waals surface area contributed by atoms with Gasteiger partial charge in [-0.15, -0.1) is 0 Å². The topological polar surface area (TPSA) is 159 Å². The second kappa shape index (κ2) is 18.0. The lowest BCUT2D eigenvalue weighted by atomic mass is 9.33. The van der Waals surface area contributed by atoms with Gasteiger partial charge in [-0.2, -0.15) is 0 Å². The van der Waals surface area contributed by atoms with Crippen molar-refractivity contribution in [2.75, 3.05) is 6.54 Å². The van der Waals surface area contributed by atoms with Crippen LogP contribution in [0.1, 0.15) is 190 Å². The van der Waals surface area contributed by atoms with Crippen LogP contribution in [0, 0.1) is 50.2 Å². The summed E-state index contributed by atoms with van der Waals surface area (Å²) >= 11 is 0. The molecule has 0 aromatic heterocycles. The number of ether oxygens (including phenoxy) is 1. The molecule has 10 heteroatoms. The van der Waals surface area contributed by atoms with Crippen molar-refractivity contribution in [2.45, 2.75) is 202 Å². The number of carboxylic acid groups (broad SMARTS) is 2. The van der Waals surface area contributed by atoms with Crippen LogP contribution in [0.2, 0.25) is 0 Å². The van der Waals surface area contributed by atoms with E-state index in [-0.39, 0.29) is 69.2 Å². The van der Waals surface area contributed by atoms with Gasteiger partial charge in [0.15, 0.2) is 0 Å². The van der Waals surface area contributed by atoms with E-state index in [4.69, 9.17) is 14.9 Å². The largest absolute Gasteiger partial charge is 0.481 e. The predicted molar refractivity (Wildman–Crippen MR) is 226 cm³/mol. The molecule has 0 aliphatic heterocycles. The summed E-state index contributed by atoms with van der Waals surface area (Å²) in [5.41, 5.74) is 1.40. The van der Waals surface area contributed by atoms with Gasteiger partial charge in [-0.25, -0.2) is 0 Å². The van der Waals surface area contributed by atoms with E-state index in [2.05, 4.69) is 65.2 Å². The van der Waals surface area contributed by atoms with E-state index >= 15 is 0 Å². The Morgan fingerprint density at radius 2 is 1.40 bits per heavy atom. The van der Waals surface area contributed by atoms with Crippen LogP contribution in [0.4, 0.5) is 0 Å². The highest BCUT2D eigenvalue weighted by Crippen LogP contribution is 2.76. The molecule has 0 bridgehead atoms. The molecular weight excluding hydrogens is 733 g/mol. The van der Waals surface area contributed by atoms with E-state index < -0.39 is 23.9 Å². The van der Waals surface area contributed by atoms with Crippen LogP contribution >= 0.6 is 0 Å². The van der Waals surface area contributed by atoms with Gasteiger partial charge in [0, 0.05) is 18.4 Å². The van der Waals surface area contributed by atoms with E-state index in [1.165, 1.54) is 6.92 Å². The second-order valence-electron chi connectivity index (χ2n) is 21.6. The van der Waals surface area contributed by atoms with Crippen LogP contribution in [0.25, 0.3) is 0 Å². The average Bonchev–Trinajstić information content (AvgIpc) is 3.14. The number of hydrogen-bond donors (Lipinski definition) is 4. The minimum Gasteiger partial charge on any atom is -0.481 e. The smallest absolute Gasteiger partial charge is 0.325 e. The lowest BCUT2D eigenvalue weighted by Gasteiger charge is -2.71. The molecule has 0 radical (unpaired) electrons. The summed E-state index contributed by atoms with van der Waals surface area (Å²) in [6, 6.07) is -0.851. The third-order valence-corrected chi connectivity index (χ3v) is 17.2. The number of allylic oxidation sites excluding steroid dienone is 2. The van der Waals surface area contributed by atoms with Gasteiger partial charge in [0.2, 0.25) is 11.8 Å². The number of carboxylic acids is 2. The maximum atomic E-state index is 14.5. The van der Waals surface area contributed by atoms with Crippen LogP contribution < -0.4 is 10.6 Å². The third kappa shape index (κ3) is 9.21. The summed E-state index contributed by atoms with van der Waals surface area (Å²) in [6.45, 7) is 19.2. The summed E-state index contributed by atoms with van der Waals surface area (Å²) < 4.78 is 6.04. The van der Waals surface area contributed by atoms with Gasteiger partial charge in [-0.1, -0.05) is 98.6 Å². The molecule has 4 saturated carbocycles. The summed E-state index contributed by atoms with van der Waals surface area (Å²) in [6.07, 6.45) is 20.9. The van der Waals surface area contributed by atoms with Crippen molar-refractivity contribution in [3.8, 4) is 0 Å². The molecule has 0 aromatic carbocycles. The number of carbonyl (C=O) groups is 5. The highest BCUT2D eigenvalue weighted by atomic mass is 16.5. The Hall–Kier alpha value is -2.91. The van der Waals surface area contributed by atoms with Gasteiger partial charge in [-0.05, 0) is 123 Å². The summed E-state index contributed by atoms with van der Waals surface area (Å²) in [7, 11) is 0.